The quantitative estimate of drug-likeness (QED) is 0.299. The molecule has 1 aromatic rings. The molecule has 0 saturated heterocycles. The summed E-state index contributed by atoms with van der Waals surface area (Å²) in [6, 6.07) is 5.50. The fraction of sp³-hybridized carbons (Fsp3) is 0.774. The SMILES string of the molecule is O=C(CCc1ccc(O)c(O[C@@H]2CCCC3(CCCC3)C2)c1)C[C@H](O)CCCCC1CCCCC1. The molecule has 4 nitrogen and oxygen atoms in total. The van der Waals surface area contributed by atoms with Crippen LogP contribution < -0.4 is 4.74 Å². The van der Waals surface area contributed by atoms with Crippen LogP contribution in [0.4, 0.5) is 0 Å². The maximum absolute atomic E-state index is 12.5. The van der Waals surface area contributed by atoms with E-state index in [0.717, 1.165) is 37.2 Å². The molecule has 3 aliphatic carbocycles. The molecule has 1 aromatic carbocycles. The number of benzene rings is 1. The van der Waals surface area contributed by atoms with E-state index in [4.69, 9.17) is 4.74 Å². The minimum atomic E-state index is -0.512. The lowest BCUT2D eigenvalue weighted by Crippen LogP contribution is -2.32. The zero-order chi connectivity index (χ0) is 24.5. The van der Waals surface area contributed by atoms with E-state index in [-0.39, 0.29) is 24.1 Å². The van der Waals surface area contributed by atoms with Gasteiger partial charge in [-0.25, -0.2) is 0 Å². The Hall–Kier alpha value is -1.55. The van der Waals surface area contributed by atoms with E-state index in [1.807, 2.05) is 12.1 Å². The summed E-state index contributed by atoms with van der Waals surface area (Å²) in [6.07, 6.45) is 22.2. The van der Waals surface area contributed by atoms with Crippen LogP contribution in [0.5, 0.6) is 11.5 Å². The van der Waals surface area contributed by atoms with Gasteiger partial charge in [0.2, 0.25) is 0 Å². The maximum Gasteiger partial charge on any atom is 0.161 e. The fourth-order valence-corrected chi connectivity index (χ4v) is 7.10. The van der Waals surface area contributed by atoms with Crippen LogP contribution in [-0.2, 0) is 11.2 Å². The average molecular weight is 485 g/mol. The molecular formula is C31H48O4. The molecule has 2 atom stereocenters. The minimum Gasteiger partial charge on any atom is -0.504 e. The van der Waals surface area contributed by atoms with Crippen molar-refractivity contribution in [3.05, 3.63) is 23.8 Å². The Balaban J connectivity index is 1.16. The highest BCUT2D eigenvalue weighted by Crippen LogP contribution is 2.49. The number of aliphatic hydroxyl groups excluding tert-OH is 1. The Morgan fingerprint density at radius 1 is 1.00 bits per heavy atom. The van der Waals surface area contributed by atoms with Crippen molar-refractivity contribution in [2.45, 2.75) is 141 Å². The van der Waals surface area contributed by atoms with E-state index < -0.39 is 6.10 Å². The Kier molecular flexibility index (Phi) is 9.94. The van der Waals surface area contributed by atoms with Crippen molar-refractivity contribution in [1.82, 2.24) is 0 Å². The number of aryl methyl sites for hydroxylation is 1. The Bertz CT molecular complexity index is 791. The van der Waals surface area contributed by atoms with Crippen molar-refractivity contribution in [3.8, 4) is 11.5 Å². The van der Waals surface area contributed by atoms with Crippen LogP contribution in [0.2, 0.25) is 0 Å². The number of ketones is 1. The number of carbonyl (C=O) groups excluding carboxylic acids is 1. The number of aliphatic hydroxyl groups is 1. The summed E-state index contributed by atoms with van der Waals surface area (Å²) in [6.45, 7) is 0. The number of ether oxygens (including phenoxy) is 1. The molecule has 0 amide bonds. The number of Topliss-reactive ketones (excluding diaryl/α,β-unsaturated/α-hetero) is 1. The number of aromatic hydroxyl groups is 1. The predicted octanol–water partition coefficient (Wildman–Crippen LogP) is 7.67. The Morgan fingerprint density at radius 2 is 1.77 bits per heavy atom. The van der Waals surface area contributed by atoms with Crippen molar-refractivity contribution in [3.63, 3.8) is 0 Å². The van der Waals surface area contributed by atoms with Crippen molar-refractivity contribution >= 4 is 5.78 Å². The van der Waals surface area contributed by atoms with Gasteiger partial charge in [0.1, 0.15) is 5.78 Å². The van der Waals surface area contributed by atoms with Gasteiger partial charge in [-0.15, -0.1) is 0 Å². The highest BCUT2D eigenvalue weighted by Gasteiger charge is 2.39. The van der Waals surface area contributed by atoms with E-state index in [1.165, 1.54) is 83.5 Å². The molecule has 0 bridgehead atoms. The number of unbranched alkanes of at least 4 members (excludes halogenated alkanes) is 1. The monoisotopic (exact) mass is 484 g/mol. The van der Waals surface area contributed by atoms with Gasteiger partial charge < -0.3 is 14.9 Å². The summed E-state index contributed by atoms with van der Waals surface area (Å²) < 4.78 is 6.31. The predicted molar refractivity (Wildman–Crippen MR) is 141 cm³/mol. The molecule has 0 unspecified atom stereocenters. The molecule has 35 heavy (non-hydrogen) atoms. The van der Waals surface area contributed by atoms with Crippen LogP contribution >= 0.6 is 0 Å². The molecule has 3 aliphatic rings. The summed E-state index contributed by atoms with van der Waals surface area (Å²) in [5, 5.41) is 20.7. The van der Waals surface area contributed by atoms with Gasteiger partial charge in [0.15, 0.2) is 11.5 Å². The molecule has 196 valence electrons. The largest absolute Gasteiger partial charge is 0.504 e. The first-order chi connectivity index (χ1) is 17.0. The second kappa shape index (κ2) is 13.1. The lowest BCUT2D eigenvalue weighted by atomic mass is 9.72. The molecule has 2 N–H and O–H groups in total. The zero-order valence-corrected chi connectivity index (χ0v) is 21.8. The van der Waals surface area contributed by atoms with Gasteiger partial charge in [-0.2, -0.15) is 0 Å². The Labute approximate surface area is 212 Å². The third-order valence-corrected chi connectivity index (χ3v) is 9.16. The summed E-state index contributed by atoms with van der Waals surface area (Å²) in [4.78, 5) is 12.5. The molecule has 3 fully saturated rings. The van der Waals surface area contributed by atoms with Gasteiger partial charge in [-0.1, -0.05) is 70.3 Å². The molecule has 0 aromatic heterocycles. The molecule has 0 heterocycles. The second-order valence-corrected chi connectivity index (χ2v) is 12.0. The number of phenols is 1. The van der Waals surface area contributed by atoms with Gasteiger partial charge >= 0.3 is 0 Å². The fourth-order valence-electron chi connectivity index (χ4n) is 7.10. The highest BCUT2D eigenvalue weighted by atomic mass is 16.5. The van der Waals surface area contributed by atoms with Crippen molar-refractivity contribution in [2.24, 2.45) is 11.3 Å². The lowest BCUT2D eigenvalue weighted by Gasteiger charge is -2.38. The average Bonchev–Trinajstić information content (AvgIpc) is 3.30. The van der Waals surface area contributed by atoms with E-state index in [1.54, 1.807) is 6.07 Å². The standard InChI is InChI=1S/C31H48O4/c32-26(12-5-4-11-24-9-2-1-3-10-24)22-27(33)16-14-25-15-17-29(34)30(21-25)35-28-13-8-20-31(23-28)18-6-7-19-31/h15,17,21,24,26,28,32,34H,1-14,16,18-20,22-23H2/t26-,28-/m1/s1. The van der Waals surface area contributed by atoms with E-state index in [9.17, 15) is 15.0 Å². The third-order valence-electron chi connectivity index (χ3n) is 9.16. The lowest BCUT2D eigenvalue weighted by molar-refractivity contribution is -0.121. The molecular weight excluding hydrogens is 436 g/mol. The minimum absolute atomic E-state index is 0.121. The number of carbonyl (C=O) groups is 1. The van der Waals surface area contributed by atoms with Crippen molar-refractivity contribution in [2.75, 3.05) is 0 Å². The molecule has 3 saturated carbocycles. The topological polar surface area (TPSA) is 66.8 Å². The number of hydrogen-bond donors (Lipinski definition) is 2. The summed E-state index contributed by atoms with van der Waals surface area (Å²) in [7, 11) is 0. The third kappa shape index (κ3) is 8.23. The second-order valence-electron chi connectivity index (χ2n) is 12.0. The number of rotatable bonds is 12. The number of hydrogen-bond acceptors (Lipinski definition) is 4. The van der Waals surface area contributed by atoms with Crippen LogP contribution in [0.1, 0.15) is 128 Å². The van der Waals surface area contributed by atoms with Crippen LogP contribution in [0.25, 0.3) is 0 Å². The van der Waals surface area contributed by atoms with Crippen LogP contribution in [0.3, 0.4) is 0 Å². The van der Waals surface area contributed by atoms with Gasteiger partial charge in [0.25, 0.3) is 0 Å². The normalized spacial score (nSPS) is 23.4. The van der Waals surface area contributed by atoms with Gasteiger partial charge in [0.05, 0.1) is 12.2 Å². The zero-order valence-electron chi connectivity index (χ0n) is 21.8. The first-order valence-electron chi connectivity index (χ1n) is 14.7. The van der Waals surface area contributed by atoms with E-state index in [2.05, 4.69) is 0 Å². The van der Waals surface area contributed by atoms with E-state index >= 15 is 0 Å². The van der Waals surface area contributed by atoms with Gasteiger partial charge in [-0.3, -0.25) is 4.79 Å². The molecule has 0 aliphatic heterocycles. The first-order valence-corrected chi connectivity index (χ1v) is 14.7. The van der Waals surface area contributed by atoms with E-state index in [0.29, 0.717) is 24.0 Å². The van der Waals surface area contributed by atoms with Gasteiger partial charge in [-0.05, 0) is 80.4 Å². The van der Waals surface area contributed by atoms with Crippen LogP contribution in [0.15, 0.2) is 18.2 Å². The summed E-state index contributed by atoms with van der Waals surface area (Å²) in [5.41, 5.74) is 1.48. The summed E-state index contributed by atoms with van der Waals surface area (Å²) >= 11 is 0. The molecule has 4 rings (SSSR count). The number of phenolic OH excluding ortho intramolecular Hbond substituents is 1. The first kappa shape index (κ1) is 26.5. The molecule has 1 spiro atoms. The maximum atomic E-state index is 12.5. The Morgan fingerprint density at radius 3 is 2.57 bits per heavy atom. The van der Waals surface area contributed by atoms with Crippen molar-refractivity contribution in [1.29, 1.82) is 0 Å². The highest BCUT2D eigenvalue weighted by molar-refractivity contribution is 5.79. The smallest absolute Gasteiger partial charge is 0.161 e. The van der Waals surface area contributed by atoms with Crippen molar-refractivity contribution < 1.29 is 19.7 Å². The molecule has 0 radical (unpaired) electrons. The van der Waals surface area contributed by atoms with Crippen LogP contribution in [-0.4, -0.2) is 28.2 Å². The van der Waals surface area contributed by atoms with Crippen LogP contribution in [0, 0.1) is 11.3 Å². The summed E-state index contributed by atoms with van der Waals surface area (Å²) in [5.74, 6) is 1.77. The molecule has 4 heteroatoms. The van der Waals surface area contributed by atoms with Gasteiger partial charge in [0, 0.05) is 12.8 Å².